The summed E-state index contributed by atoms with van der Waals surface area (Å²) in [5.74, 6) is -0.712. The van der Waals surface area contributed by atoms with E-state index in [1.807, 2.05) is 6.92 Å². The number of aromatic hydroxyl groups is 1. The second-order valence-electron chi connectivity index (χ2n) is 3.92. The van der Waals surface area contributed by atoms with Crippen LogP contribution in [0.25, 0.3) is 0 Å². The Morgan fingerprint density at radius 3 is 2.93 bits per heavy atom. The van der Waals surface area contributed by atoms with Crippen LogP contribution < -0.4 is 5.32 Å². The predicted octanol–water partition coefficient (Wildman–Crippen LogP) is 2.57. The van der Waals surface area contributed by atoms with Crippen LogP contribution in [0.3, 0.4) is 0 Å². The van der Waals surface area contributed by atoms with Crippen LogP contribution in [0.1, 0.15) is 23.5 Å². The topological polar surface area (TPSA) is 32.3 Å². The molecule has 0 spiro atoms. The number of phenols is 1. The Hall–Kier alpha value is -0.800. The van der Waals surface area contributed by atoms with Gasteiger partial charge in [-0.15, -0.1) is 0 Å². The van der Waals surface area contributed by atoms with Gasteiger partial charge in [0.2, 0.25) is 0 Å². The van der Waals surface area contributed by atoms with Crippen molar-refractivity contribution in [2.24, 2.45) is 0 Å². The minimum Gasteiger partial charge on any atom is -0.505 e. The summed E-state index contributed by atoms with van der Waals surface area (Å²) in [6, 6.07) is 1.16. The highest BCUT2D eigenvalue weighted by Crippen LogP contribution is 2.37. The average Bonchev–Trinajstić information content (AvgIpc) is 2.69. The molecule has 0 radical (unpaired) electrons. The van der Waals surface area contributed by atoms with Crippen molar-refractivity contribution in [1.82, 2.24) is 5.32 Å². The first-order valence-electron chi connectivity index (χ1n) is 4.99. The van der Waals surface area contributed by atoms with Crippen LogP contribution in [0.4, 0.5) is 4.39 Å². The van der Waals surface area contributed by atoms with Gasteiger partial charge in [-0.25, -0.2) is 4.39 Å². The zero-order valence-electron chi connectivity index (χ0n) is 8.48. The lowest BCUT2D eigenvalue weighted by atomic mass is 9.93. The van der Waals surface area contributed by atoms with Crippen molar-refractivity contribution in [2.45, 2.75) is 19.3 Å². The number of halogens is 2. The average molecular weight is 230 g/mol. The second-order valence-corrected chi connectivity index (χ2v) is 4.32. The molecule has 15 heavy (non-hydrogen) atoms. The Morgan fingerprint density at radius 1 is 1.60 bits per heavy atom. The van der Waals surface area contributed by atoms with E-state index in [9.17, 15) is 9.50 Å². The fourth-order valence-corrected chi connectivity index (χ4v) is 2.32. The molecule has 0 aromatic heterocycles. The molecule has 1 aromatic carbocycles. The molecule has 1 unspecified atom stereocenters. The molecular weight excluding hydrogens is 217 g/mol. The lowest BCUT2D eigenvalue weighted by molar-refractivity contribution is 0.420. The molecule has 1 saturated heterocycles. The zero-order valence-corrected chi connectivity index (χ0v) is 9.24. The number of benzene rings is 1. The molecule has 1 heterocycles. The third kappa shape index (κ3) is 1.82. The zero-order chi connectivity index (χ0) is 11.0. The van der Waals surface area contributed by atoms with Crippen molar-refractivity contribution in [3.63, 3.8) is 0 Å². The van der Waals surface area contributed by atoms with Crippen molar-refractivity contribution in [3.05, 3.63) is 28.0 Å². The Labute approximate surface area is 93.1 Å². The van der Waals surface area contributed by atoms with Crippen LogP contribution in [0.2, 0.25) is 5.02 Å². The minimum absolute atomic E-state index is 0.165. The summed E-state index contributed by atoms with van der Waals surface area (Å²) in [6.07, 6.45) is 0.911. The van der Waals surface area contributed by atoms with Gasteiger partial charge in [0.15, 0.2) is 11.6 Å². The van der Waals surface area contributed by atoms with Crippen molar-refractivity contribution < 1.29 is 9.50 Å². The third-order valence-corrected chi connectivity index (χ3v) is 3.36. The molecule has 0 saturated carbocycles. The van der Waals surface area contributed by atoms with E-state index >= 15 is 0 Å². The molecule has 82 valence electrons. The maximum absolute atomic E-state index is 13.3. The van der Waals surface area contributed by atoms with E-state index in [2.05, 4.69) is 5.32 Å². The van der Waals surface area contributed by atoms with Crippen molar-refractivity contribution in [2.75, 3.05) is 13.1 Å². The van der Waals surface area contributed by atoms with Gasteiger partial charge in [-0.05, 0) is 31.5 Å². The van der Waals surface area contributed by atoms with Crippen molar-refractivity contribution in [1.29, 1.82) is 0 Å². The van der Waals surface area contributed by atoms with Gasteiger partial charge in [-0.3, -0.25) is 0 Å². The van der Waals surface area contributed by atoms with Crippen molar-refractivity contribution in [3.8, 4) is 5.75 Å². The summed E-state index contributed by atoms with van der Waals surface area (Å²) in [7, 11) is 0. The van der Waals surface area contributed by atoms with E-state index in [1.54, 1.807) is 0 Å². The first kappa shape index (κ1) is 10.7. The van der Waals surface area contributed by atoms with E-state index in [4.69, 9.17) is 11.6 Å². The molecular formula is C11H13ClFNO. The van der Waals surface area contributed by atoms with E-state index in [0.717, 1.165) is 31.1 Å². The van der Waals surface area contributed by atoms with Crippen LogP contribution in [0.5, 0.6) is 5.75 Å². The van der Waals surface area contributed by atoms with E-state index < -0.39 is 5.82 Å². The number of nitrogens with one attached hydrogen (secondary N) is 1. The minimum atomic E-state index is -0.632. The van der Waals surface area contributed by atoms with Crippen LogP contribution in [0, 0.1) is 12.7 Å². The van der Waals surface area contributed by atoms with Gasteiger partial charge in [0.1, 0.15) is 0 Å². The summed E-state index contributed by atoms with van der Waals surface area (Å²) in [4.78, 5) is 0. The molecule has 1 atom stereocenters. The molecule has 1 aromatic rings. The van der Waals surface area contributed by atoms with Gasteiger partial charge in [0.05, 0.1) is 0 Å². The highest BCUT2D eigenvalue weighted by molar-refractivity contribution is 6.31. The highest BCUT2D eigenvalue weighted by atomic mass is 35.5. The van der Waals surface area contributed by atoms with E-state index in [0.29, 0.717) is 10.6 Å². The Balaban J connectivity index is 2.52. The molecule has 0 bridgehead atoms. The van der Waals surface area contributed by atoms with Gasteiger partial charge in [0, 0.05) is 23.0 Å². The highest BCUT2D eigenvalue weighted by Gasteiger charge is 2.24. The number of hydrogen-bond acceptors (Lipinski definition) is 2. The van der Waals surface area contributed by atoms with Gasteiger partial charge >= 0.3 is 0 Å². The summed E-state index contributed by atoms with van der Waals surface area (Å²) in [6.45, 7) is 3.49. The maximum atomic E-state index is 13.3. The molecule has 2 rings (SSSR count). The fourth-order valence-electron chi connectivity index (χ4n) is 2.12. The molecule has 0 amide bonds. The van der Waals surface area contributed by atoms with E-state index in [1.165, 1.54) is 0 Å². The van der Waals surface area contributed by atoms with Crippen molar-refractivity contribution >= 4 is 11.6 Å². The SMILES string of the molecule is Cc1c(Cl)cc(F)c(O)c1C1CCNC1. The fraction of sp³-hybridized carbons (Fsp3) is 0.455. The summed E-state index contributed by atoms with van der Waals surface area (Å²) in [5, 5.41) is 13.3. The molecule has 2 N–H and O–H groups in total. The molecule has 4 heteroatoms. The standard InChI is InChI=1S/C11H13ClFNO/c1-6-8(12)4-9(13)11(15)10(6)7-2-3-14-5-7/h4,7,14-15H,2-3,5H2,1H3. The van der Waals surface area contributed by atoms with Gasteiger partial charge in [-0.2, -0.15) is 0 Å². The van der Waals surface area contributed by atoms with Gasteiger partial charge in [-0.1, -0.05) is 11.6 Å². The number of rotatable bonds is 1. The number of hydrogen-bond donors (Lipinski definition) is 2. The summed E-state index contributed by atoms with van der Waals surface area (Å²) in [5.41, 5.74) is 1.44. The van der Waals surface area contributed by atoms with E-state index in [-0.39, 0.29) is 11.7 Å². The van der Waals surface area contributed by atoms with Gasteiger partial charge < -0.3 is 10.4 Å². The smallest absolute Gasteiger partial charge is 0.166 e. The summed E-state index contributed by atoms with van der Waals surface area (Å²) < 4.78 is 13.3. The first-order chi connectivity index (χ1) is 7.11. The normalized spacial score (nSPS) is 20.9. The third-order valence-electron chi connectivity index (χ3n) is 2.97. The molecule has 1 aliphatic rings. The Kier molecular flexibility index (Phi) is 2.85. The van der Waals surface area contributed by atoms with Gasteiger partial charge in [0.25, 0.3) is 0 Å². The Morgan fingerprint density at radius 2 is 2.33 bits per heavy atom. The predicted molar refractivity (Wildman–Crippen MR) is 58.0 cm³/mol. The van der Waals surface area contributed by atoms with Crippen LogP contribution in [-0.2, 0) is 0 Å². The monoisotopic (exact) mass is 229 g/mol. The number of phenolic OH excluding ortho intramolecular Hbond substituents is 1. The quantitative estimate of drug-likeness (QED) is 0.776. The lowest BCUT2D eigenvalue weighted by Gasteiger charge is -2.16. The molecule has 2 nitrogen and oxygen atoms in total. The first-order valence-corrected chi connectivity index (χ1v) is 5.37. The second kappa shape index (κ2) is 3.99. The van der Waals surface area contributed by atoms with Crippen LogP contribution in [-0.4, -0.2) is 18.2 Å². The lowest BCUT2D eigenvalue weighted by Crippen LogP contribution is -2.09. The van der Waals surface area contributed by atoms with Crippen LogP contribution in [0.15, 0.2) is 6.07 Å². The molecule has 1 aliphatic heterocycles. The molecule has 0 aliphatic carbocycles. The maximum Gasteiger partial charge on any atom is 0.166 e. The summed E-state index contributed by atoms with van der Waals surface area (Å²) >= 11 is 5.90. The van der Waals surface area contributed by atoms with Crippen LogP contribution >= 0.6 is 11.6 Å². The molecule has 1 fully saturated rings. The largest absolute Gasteiger partial charge is 0.505 e. The Bertz CT molecular complexity index is 362.